The number of sulfonamides is 1. The molecule has 4 rings (SSSR count). The fourth-order valence-electron chi connectivity index (χ4n) is 3.06. The number of benzene rings is 2. The van der Waals surface area contributed by atoms with Crippen LogP contribution in [0.3, 0.4) is 0 Å². The summed E-state index contributed by atoms with van der Waals surface area (Å²) < 4.78 is 48.2. The Morgan fingerprint density at radius 2 is 1.88 bits per heavy atom. The number of nitrogens with zero attached hydrogens (tertiary/aromatic N) is 3. The highest BCUT2D eigenvalue weighted by Crippen LogP contribution is 2.26. The molecule has 176 valence electrons. The van der Waals surface area contributed by atoms with Crippen LogP contribution in [-0.4, -0.2) is 23.5 Å². The van der Waals surface area contributed by atoms with Gasteiger partial charge in [0.25, 0.3) is 0 Å². The molecule has 0 bridgehead atoms. The molecule has 12 heteroatoms. The Bertz CT molecular complexity index is 1440. The fourth-order valence-corrected chi connectivity index (χ4v) is 3.62. The van der Waals surface area contributed by atoms with Crippen LogP contribution in [0.5, 0.6) is 5.75 Å². The lowest BCUT2D eigenvalue weighted by Crippen LogP contribution is -2.12. The molecule has 0 aliphatic carbocycles. The minimum atomic E-state index is -3.87. The Morgan fingerprint density at radius 1 is 1.09 bits per heavy atom. The minimum Gasteiger partial charge on any atom is -0.487 e. The minimum absolute atomic E-state index is 0.0637. The second-order valence-corrected chi connectivity index (χ2v) is 8.97. The van der Waals surface area contributed by atoms with E-state index < -0.39 is 15.8 Å². The van der Waals surface area contributed by atoms with Crippen molar-refractivity contribution < 1.29 is 22.1 Å². The molecular formula is C22H21FN6O4S. The maximum Gasteiger partial charge on any atom is 0.238 e. The van der Waals surface area contributed by atoms with Gasteiger partial charge in [-0.25, -0.2) is 22.9 Å². The maximum absolute atomic E-state index is 14.4. The molecule has 4 N–H and O–H groups in total. The summed E-state index contributed by atoms with van der Waals surface area (Å²) >= 11 is 0. The van der Waals surface area contributed by atoms with Crippen LogP contribution in [0, 0.1) is 19.7 Å². The Labute approximate surface area is 195 Å². The van der Waals surface area contributed by atoms with E-state index in [1.807, 2.05) is 6.92 Å². The quantitative estimate of drug-likeness (QED) is 0.338. The zero-order valence-electron chi connectivity index (χ0n) is 18.2. The number of hydrogen-bond donors (Lipinski definition) is 3. The zero-order chi connectivity index (χ0) is 24.3. The number of halogens is 1. The van der Waals surface area contributed by atoms with E-state index in [0.29, 0.717) is 28.6 Å². The molecule has 0 radical (unpaired) electrons. The van der Waals surface area contributed by atoms with Gasteiger partial charge >= 0.3 is 0 Å². The van der Waals surface area contributed by atoms with E-state index in [0.717, 1.165) is 11.8 Å². The number of aryl methyl sites for hydroxylation is 2. The number of aromatic nitrogens is 3. The second-order valence-electron chi connectivity index (χ2n) is 7.41. The van der Waals surface area contributed by atoms with E-state index in [2.05, 4.69) is 25.8 Å². The molecular weight excluding hydrogens is 463 g/mol. The van der Waals surface area contributed by atoms with Crippen LogP contribution < -0.4 is 20.5 Å². The summed E-state index contributed by atoms with van der Waals surface area (Å²) in [4.78, 5) is 7.97. The van der Waals surface area contributed by atoms with Crippen molar-refractivity contribution in [3.8, 4) is 5.75 Å². The lowest BCUT2D eigenvalue weighted by molar-refractivity contribution is 0.286. The number of hydrogen-bond acceptors (Lipinski definition) is 9. The average Bonchev–Trinajstić information content (AvgIpc) is 3.20. The number of nitrogens with two attached hydrogens (primary N) is 1. The average molecular weight is 485 g/mol. The van der Waals surface area contributed by atoms with Crippen LogP contribution in [0.4, 0.5) is 27.5 Å². The third-order valence-corrected chi connectivity index (χ3v) is 5.56. The van der Waals surface area contributed by atoms with Crippen LogP contribution in [0.2, 0.25) is 0 Å². The molecule has 0 amide bonds. The summed E-state index contributed by atoms with van der Waals surface area (Å²) in [6.07, 6.45) is 1.01. The first kappa shape index (κ1) is 23.1. The largest absolute Gasteiger partial charge is 0.487 e. The van der Waals surface area contributed by atoms with Crippen molar-refractivity contribution >= 4 is 33.2 Å². The van der Waals surface area contributed by atoms with E-state index in [9.17, 15) is 12.8 Å². The van der Waals surface area contributed by atoms with Crippen molar-refractivity contribution in [2.45, 2.75) is 25.3 Å². The van der Waals surface area contributed by atoms with Gasteiger partial charge in [-0.2, -0.15) is 4.98 Å². The van der Waals surface area contributed by atoms with E-state index >= 15 is 0 Å². The normalized spacial score (nSPS) is 11.3. The van der Waals surface area contributed by atoms with Gasteiger partial charge in [-0.05, 0) is 55.8 Å². The molecule has 0 saturated heterocycles. The Hall–Kier alpha value is -4.03. The van der Waals surface area contributed by atoms with Gasteiger partial charge in [0, 0.05) is 17.4 Å². The standard InChI is InChI=1S/C22H21FN6O4S/c1-13-8-16(6-7-20(13)32-12-17-9-14(2)33-29-17)26-21-19(23)11-25-22(28-21)27-15-4-3-5-18(10-15)34(24,30)31/h3-11H,12H2,1-2H3,(H2,24,30,31)(H2,25,26,27,28). The summed E-state index contributed by atoms with van der Waals surface area (Å²) in [5, 5.41) is 14.8. The summed E-state index contributed by atoms with van der Waals surface area (Å²) in [6.45, 7) is 3.92. The first-order valence-corrected chi connectivity index (χ1v) is 11.6. The summed E-state index contributed by atoms with van der Waals surface area (Å²) in [6, 6.07) is 12.9. The van der Waals surface area contributed by atoms with Crippen molar-refractivity contribution in [1.82, 2.24) is 15.1 Å². The van der Waals surface area contributed by atoms with Gasteiger partial charge in [-0.3, -0.25) is 0 Å². The molecule has 0 saturated carbocycles. The van der Waals surface area contributed by atoms with Gasteiger partial charge < -0.3 is 19.9 Å². The molecule has 0 fully saturated rings. The van der Waals surface area contributed by atoms with Crippen molar-refractivity contribution in [3.05, 3.63) is 77.6 Å². The Morgan fingerprint density at radius 3 is 2.59 bits per heavy atom. The molecule has 0 aliphatic rings. The summed E-state index contributed by atoms with van der Waals surface area (Å²) in [5.74, 6) is 0.684. The lowest BCUT2D eigenvalue weighted by atomic mass is 10.2. The van der Waals surface area contributed by atoms with Crippen molar-refractivity contribution in [2.24, 2.45) is 5.14 Å². The van der Waals surface area contributed by atoms with Gasteiger partial charge in [0.05, 0.1) is 11.1 Å². The van der Waals surface area contributed by atoms with Gasteiger partial charge in [-0.1, -0.05) is 11.2 Å². The first-order valence-electron chi connectivity index (χ1n) is 10.0. The fraction of sp³-hybridized carbons (Fsp3) is 0.136. The first-order chi connectivity index (χ1) is 16.2. The molecule has 0 spiro atoms. The maximum atomic E-state index is 14.4. The van der Waals surface area contributed by atoms with Gasteiger partial charge in [0.15, 0.2) is 11.6 Å². The van der Waals surface area contributed by atoms with Gasteiger partial charge in [-0.15, -0.1) is 0 Å². The number of rotatable bonds is 8. The molecule has 0 unspecified atom stereocenters. The predicted molar refractivity (Wildman–Crippen MR) is 123 cm³/mol. The van der Waals surface area contributed by atoms with Crippen LogP contribution in [0.25, 0.3) is 0 Å². The summed E-state index contributed by atoms with van der Waals surface area (Å²) in [5.41, 5.74) is 2.46. The molecule has 2 heterocycles. The highest BCUT2D eigenvalue weighted by molar-refractivity contribution is 7.89. The van der Waals surface area contributed by atoms with Gasteiger partial charge in [0.2, 0.25) is 16.0 Å². The molecule has 2 aromatic carbocycles. The lowest BCUT2D eigenvalue weighted by Gasteiger charge is -2.12. The van der Waals surface area contributed by atoms with Gasteiger partial charge in [0.1, 0.15) is 23.8 Å². The SMILES string of the molecule is Cc1cc(COc2ccc(Nc3nc(Nc4cccc(S(N)(=O)=O)c4)ncc3F)cc2C)no1. The smallest absolute Gasteiger partial charge is 0.238 e. The molecule has 4 aromatic rings. The van der Waals surface area contributed by atoms with Crippen LogP contribution >= 0.6 is 0 Å². The van der Waals surface area contributed by atoms with Crippen molar-refractivity contribution in [1.29, 1.82) is 0 Å². The monoisotopic (exact) mass is 484 g/mol. The topological polar surface area (TPSA) is 145 Å². The molecule has 2 aromatic heterocycles. The van der Waals surface area contributed by atoms with Crippen LogP contribution in [0.15, 0.2) is 64.1 Å². The van der Waals surface area contributed by atoms with Crippen LogP contribution in [-0.2, 0) is 16.6 Å². The highest BCUT2D eigenvalue weighted by atomic mass is 32.2. The van der Waals surface area contributed by atoms with E-state index in [-0.39, 0.29) is 23.3 Å². The number of anilines is 4. The molecule has 0 aliphatic heterocycles. The van der Waals surface area contributed by atoms with E-state index in [1.165, 1.54) is 18.2 Å². The third-order valence-electron chi connectivity index (χ3n) is 4.65. The molecule has 10 nitrogen and oxygen atoms in total. The Balaban J connectivity index is 1.47. The van der Waals surface area contributed by atoms with E-state index in [1.54, 1.807) is 37.3 Å². The van der Waals surface area contributed by atoms with E-state index in [4.69, 9.17) is 14.4 Å². The number of ether oxygens (including phenoxy) is 1. The number of primary sulfonamides is 1. The predicted octanol–water partition coefficient (Wildman–Crippen LogP) is 3.93. The molecule has 0 atom stereocenters. The number of nitrogens with one attached hydrogen (secondary N) is 2. The van der Waals surface area contributed by atoms with Crippen molar-refractivity contribution in [3.63, 3.8) is 0 Å². The summed E-state index contributed by atoms with van der Waals surface area (Å²) in [7, 11) is -3.87. The second kappa shape index (κ2) is 9.45. The van der Waals surface area contributed by atoms with Crippen LogP contribution in [0.1, 0.15) is 17.0 Å². The molecule has 34 heavy (non-hydrogen) atoms. The van der Waals surface area contributed by atoms with Crippen molar-refractivity contribution in [2.75, 3.05) is 10.6 Å². The zero-order valence-corrected chi connectivity index (χ0v) is 19.1. The highest BCUT2D eigenvalue weighted by Gasteiger charge is 2.12. The Kier molecular flexibility index (Phi) is 6.43. The third kappa shape index (κ3) is 5.66.